The van der Waals surface area contributed by atoms with E-state index in [1.165, 1.54) is 6.42 Å². The SMILES string of the molecule is [N-]=[N+]=NCOCC1CC=CCC1. The van der Waals surface area contributed by atoms with E-state index in [9.17, 15) is 0 Å². The summed E-state index contributed by atoms with van der Waals surface area (Å²) in [6, 6.07) is 0. The van der Waals surface area contributed by atoms with Gasteiger partial charge >= 0.3 is 0 Å². The molecule has 0 saturated heterocycles. The first-order chi connectivity index (χ1) is 5.93. The van der Waals surface area contributed by atoms with E-state index in [0.29, 0.717) is 12.5 Å². The number of allylic oxidation sites excluding steroid dienone is 2. The molecule has 4 nitrogen and oxygen atoms in total. The number of hydrogen-bond acceptors (Lipinski definition) is 2. The minimum absolute atomic E-state index is 0.163. The molecule has 1 rings (SSSR count). The summed E-state index contributed by atoms with van der Waals surface area (Å²) in [5.74, 6) is 0.615. The van der Waals surface area contributed by atoms with Crippen LogP contribution in [0.3, 0.4) is 0 Å². The molecule has 0 fully saturated rings. The molecule has 1 atom stereocenters. The van der Waals surface area contributed by atoms with Gasteiger partial charge in [0.1, 0.15) is 6.73 Å². The van der Waals surface area contributed by atoms with Gasteiger partial charge in [-0.25, -0.2) is 0 Å². The van der Waals surface area contributed by atoms with Gasteiger partial charge in [0.15, 0.2) is 0 Å². The van der Waals surface area contributed by atoms with Crippen LogP contribution in [0.2, 0.25) is 0 Å². The normalized spacial score (nSPS) is 21.8. The summed E-state index contributed by atoms with van der Waals surface area (Å²) in [6.07, 6.45) is 7.81. The Balaban J connectivity index is 2.06. The van der Waals surface area contributed by atoms with Crippen molar-refractivity contribution in [3.8, 4) is 0 Å². The number of ether oxygens (including phenoxy) is 1. The first-order valence-electron chi connectivity index (χ1n) is 4.17. The van der Waals surface area contributed by atoms with Gasteiger partial charge in [-0.3, -0.25) is 0 Å². The molecule has 12 heavy (non-hydrogen) atoms. The topological polar surface area (TPSA) is 58.0 Å². The number of rotatable bonds is 4. The van der Waals surface area contributed by atoms with Crippen molar-refractivity contribution in [3.05, 3.63) is 22.6 Å². The Morgan fingerprint density at radius 2 is 2.50 bits per heavy atom. The van der Waals surface area contributed by atoms with Crippen LogP contribution in [0.5, 0.6) is 0 Å². The van der Waals surface area contributed by atoms with Crippen LogP contribution in [-0.4, -0.2) is 13.3 Å². The molecule has 0 aromatic rings. The van der Waals surface area contributed by atoms with Crippen LogP contribution in [0.15, 0.2) is 17.3 Å². The molecular formula is C8H13N3O. The van der Waals surface area contributed by atoms with Crippen LogP contribution >= 0.6 is 0 Å². The van der Waals surface area contributed by atoms with E-state index in [1.54, 1.807) is 0 Å². The molecule has 4 heteroatoms. The summed E-state index contributed by atoms with van der Waals surface area (Å²) < 4.78 is 5.16. The molecule has 0 aromatic carbocycles. The fourth-order valence-corrected chi connectivity index (χ4v) is 1.29. The molecule has 0 spiro atoms. The van der Waals surface area contributed by atoms with Gasteiger partial charge in [-0.15, -0.1) is 0 Å². The highest BCUT2D eigenvalue weighted by Gasteiger charge is 2.08. The van der Waals surface area contributed by atoms with Crippen molar-refractivity contribution in [2.75, 3.05) is 13.3 Å². The van der Waals surface area contributed by atoms with Crippen LogP contribution in [0, 0.1) is 5.92 Å². The molecule has 1 unspecified atom stereocenters. The summed E-state index contributed by atoms with van der Waals surface area (Å²) >= 11 is 0. The van der Waals surface area contributed by atoms with Crippen LogP contribution in [0.25, 0.3) is 10.4 Å². The van der Waals surface area contributed by atoms with Gasteiger partial charge in [-0.05, 0) is 30.7 Å². The van der Waals surface area contributed by atoms with Crippen LogP contribution in [-0.2, 0) is 4.74 Å². The van der Waals surface area contributed by atoms with Crippen molar-refractivity contribution in [3.63, 3.8) is 0 Å². The van der Waals surface area contributed by atoms with E-state index < -0.39 is 0 Å². The first-order valence-corrected chi connectivity index (χ1v) is 4.17. The van der Waals surface area contributed by atoms with E-state index in [4.69, 9.17) is 10.3 Å². The van der Waals surface area contributed by atoms with Gasteiger partial charge in [0.2, 0.25) is 0 Å². The maximum Gasteiger partial charge on any atom is 0.125 e. The van der Waals surface area contributed by atoms with Crippen molar-refractivity contribution in [2.24, 2.45) is 11.0 Å². The molecule has 0 aromatic heterocycles. The number of nitrogens with zero attached hydrogens (tertiary/aromatic N) is 3. The lowest BCUT2D eigenvalue weighted by molar-refractivity contribution is 0.101. The molecule has 0 radical (unpaired) electrons. The molecule has 0 saturated carbocycles. The Morgan fingerprint density at radius 3 is 3.17 bits per heavy atom. The van der Waals surface area contributed by atoms with Gasteiger partial charge in [0.25, 0.3) is 0 Å². The third-order valence-corrected chi connectivity index (χ3v) is 1.94. The highest BCUT2D eigenvalue weighted by Crippen LogP contribution is 2.17. The lowest BCUT2D eigenvalue weighted by atomic mass is 9.95. The number of azide groups is 1. The molecule has 1 aliphatic carbocycles. The predicted octanol–water partition coefficient (Wildman–Crippen LogP) is 2.63. The van der Waals surface area contributed by atoms with Gasteiger partial charge in [0.05, 0.1) is 0 Å². The van der Waals surface area contributed by atoms with Gasteiger partial charge in [-0.2, -0.15) is 0 Å². The Kier molecular flexibility index (Phi) is 4.27. The van der Waals surface area contributed by atoms with Gasteiger partial charge in [0, 0.05) is 11.5 Å². The monoisotopic (exact) mass is 167 g/mol. The average molecular weight is 167 g/mol. The Labute approximate surface area is 71.8 Å². The summed E-state index contributed by atoms with van der Waals surface area (Å²) in [4.78, 5) is 2.60. The van der Waals surface area contributed by atoms with Crippen molar-refractivity contribution in [2.45, 2.75) is 19.3 Å². The van der Waals surface area contributed by atoms with Crippen molar-refractivity contribution in [1.82, 2.24) is 0 Å². The Morgan fingerprint density at radius 1 is 1.58 bits per heavy atom. The zero-order chi connectivity index (χ0) is 8.65. The maximum atomic E-state index is 7.97. The van der Waals surface area contributed by atoms with E-state index in [1.807, 2.05) is 0 Å². The van der Waals surface area contributed by atoms with Gasteiger partial charge in [-0.1, -0.05) is 17.3 Å². The lowest BCUT2D eigenvalue weighted by Crippen LogP contribution is -2.10. The molecule has 0 amide bonds. The average Bonchev–Trinajstić information content (AvgIpc) is 2.14. The van der Waals surface area contributed by atoms with E-state index >= 15 is 0 Å². The highest BCUT2D eigenvalue weighted by molar-refractivity contribution is 4.89. The lowest BCUT2D eigenvalue weighted by Gasteiger charge is -2.16. The summed E-state index contributed by atoms with van der Waals surface area (Å²) in [7, 11) is 0. The standard InChI is InChI=1S/C8H13N3O/c9-11-10-7-12-6-8-4-2-1-3-5-8/h1-2,8H,3-7H2. The predicted molar refractivity (Wildman–Crippen MR) is 46.4 cm³/mol. The van der Waals surface area contributed by atoms with Crippen LogP contribution < -0.4 is 0 Å². The minimum Gasteiger partial charge on any atom is -0.375 e. The fourth-order valence-electron chi connectivity index (χ4n) is 1.29. The second kappa shape index (κ2) is 5.63. The van der Waals surface area contributed by atoms with Gasteiger partial charge < -0.3 is 4.74 Å². The van der Waals surface area contributed by atoms with Crippen molar-refractivity contribution >= 4 is 0 Å². The van der Waals surface area contributed by atoms with Crippen molar-refractivity contribution in [1.29, 1.82) is 0 Å². The minimum atomic E-state index is 0.163. The highest BCUT2D eigenvalue weighted by atomic mass is 16.5. The molecule has 0 N–H and O–H groups in total. The Hall–Kier alpha value is -0.990. The summed E-state index contributed by atoms with van der Waals surface area (Å²) in [6.45, 7) is 0.875. The van der Waals surface area contributed by atoms with E-state index in [-0.39, 0.29) is 6.73 Å². The summed E-state index contributed by atoms with van der Waals surface area (Å²) in [5, 5.41) is 3.30. The molecular weight excluding hydrogens is 154 g/mol. The molecule has 1 aliphatic rings. The second-order valence-corrected chi connectivity index (χ2v) is 2.88. The zero-order valence-corrected chi connectivity index (χ0v) is 7.02. The molecule has 66 valence electrons. The summed E-state index contributed by atoms with van der Waals surface area (Å²) in [5.41, 5.74) is 7.97. The van der Waals surface area contributed by atoms with Crippen molar-refractivity contribution < 1.29 is 4.74 Å². The van der Waals surface area contributed by atoms with Crippen LogP contribution in [0.1, 0.15) is 19.3 Å². The largest absolute Gasteiger partial charge is 0.375 e. The van der Waals surface area contributed by atoms with E-state index in [0.717, 1.165) is 12.8 Å². The molecule has 0 aliphatic heterocycles. The first kappa shape index (κ1) is 9.10. The third kappa shape index (κ3) is 3.42. The maximum absolute atomic E-state index is 7.97. The third-order valence-electron chi connectivity index (χ3n) is 1.94. The van der Waals surface area contributed by atoms with Crippen LogP contribution in [0.4, 0.5) is 0 Å². The molecule has 0 bridgehead atoms. The second-order valence-electron chi connectivity index (χ2n) is 2.88. The zero-order valence-electron chi connectivity index (χ0n) is 7.02. The Bertz CT molecular complexity index is 196. The fraction of sp³-hybridized carbons (Fsp3) is 0.750. The molecule has 0 heterocycles. The number of hydrogen-bond donors (Lipinski definition) is 0. The quantitative estimate of drug-likeness (QED) is 0.209. The smallest absolute Gasteiger partial charge is 0.125 e. The van der Waals surface area contributed by atoms with E-state index in [2.05, 4.69) is 22.2 Å².